The van der Waals surface area contributed by atoms with Gasteiger partial charge in [0.1, 0.15) is 5.54 Å². The van der Waals surface area contributed by atoms with E-state index in [4.69, 9.17) is 4.74 Å². The highest BCUT2D eigenvalue weighted by molar-refractivity contribution is 6.07. The van der Waals surface area contributed by atoms with Crippen LogP contribution in [0.1, 0.15) is 19.3 Å². The van der Waals surface area contributed by atoms with Crippen molar-refractivity contribution in [1.82, 2.24) is 15.1 Å². The monoisotopic (exact) mass is 280 g/mol. The van der Waals surface area contributed by atoms with Crippen LogP contribution >= 0.6 is 0 Å². The van der Waals surface area contributed by atoms with Crippen molar-refractivity contribution in [3.8, 4) is 0 Å². The van der Waals surface area contributed by atoms with Crippen molar-refractivity contribution in [3.05, 3.63) is 0 Å². The number of rotatable bonds is 2. The number of likely N-dealkylation sites (tertiary alicyclic amines) is 1. The molecule has 20 heavy (non-hydrogen) atoms. The number of nitrogens with zero attached hydrogens (tertiary/aromatic N) is 3. The van der Waals surface area contributed by atoms with E-state index in [1.54, 1.807) is 0 Å². The van der Waals surface area contributed by atoms with Crippen molar-refractivity contribution >= 4 is 11.9 Å². The molecule has 6 nitrogen and oxygen atoms in total. The van der Waals surface area contributed by atoms with Crippen LogP contribution in [0.15, 0.2) is 4.99 Å². The lowest BCUT2D eigenvalue weighted by Crippen LogP contribution is -2.50. The third-order valence-electron chi connectivity index (χ3n) is 4.62. The van der Waals surface area contributed by atoms with Crippen LogP contribution in [0.25, 0.3) is 0 Å². The number of guanidine groups is 1. The molecule has 3 heterocycles. The van der Waals surface area contributed by atoms with Gasteiger partial charge in [0.15, 0.2) is 0 Å². The van der Waals surface area contributed by atoms with Gasteiger partial charge in [0.25, 0.3) is 5.91 Å². The lowest BCUT2D eigenvalue weighted by Gasteiger charge is -2.36. The third kappa shape index (κ3) is 2.54. The van der Waals surface area contributed by atoms with Gasteiger partial charge >= 0.3 is 0 Å². The molecule has 0 aromatic rings. The molecule has 0 aromatic heterocycles. The quantitative estimate of drug-likeness (QED) is 0.768. The fourth-order valence-corrected chi connectivity index (χ4v) is 3.25. The zero-order chi connectivity index (χ0) is 14.2. The van der Waals surface area contributed by atoms with Crippen molar-refractivity contribution in [2.75, 3.05) is 46.9 Å². The lowest BCUT2D eigenvalue weighted by atomic mass is 9.87. The fourth-order valence-electron chi connectivity index (χ4n) is 3.25. The highest BCUT2D eigenvalue weighted by Crippen LogP contribution is 2.30. The number of hydrogen-bond donors (Lipinski definition) is 1. The maximum atomic E-state index is 12.2. The second kappa shape index (κ2) is 5.33. The van der Waals surface area contributed by atoms with E-state index in [1.807, 2.05) is 19.0 Å². The normalized spacial score (nSPS) is 29.6. The average Bonchev–Trinajstić information content (AvgIpc) is 3.02. The Morgan fingerprint density at radius 2 is 2.20 bits per heavy atom. The molecule has 0 aromatic carbocycles. The van der Waals surface area contributed by atoms with Crippen LogP contribution in [0.2, 0.25) is 0 Å². The molecule has 2 fully saturated rings. The summed E-state index contributed by atoms with van der Waals surface area (Å²) in [6.07, 6.45) is 2.82. The summed E-state index contributed by atoms with van der Waals surface area (Å²) in [6.45, 7) is 4.80. The second-order valence-corrected chi connectivity index (χ2v) is 6.35. The molecule has 0 radical (unpaired) electrons. The van der Waals surface area contributed by atoms with Gasteiger partial charge in [0.2, 0.25) is 5.96 Å². The first kappa shape index (κ1) is 13.8. The Labute approximate surface area is 120 Å². The van der Waals surface area contributed by atoms with E-state index in [2.05, 4.69) is 15.2 Å². The minimum Gasteiger partial charge on any atom is -0.381 e. The molecule has 1 spiro atoms. The molecule has 6 heteroatoms. The molecule has 0 saturated carbocycles. The van der Waals surface area contributed by atoms with Crippen LogP contribution in [0.3, 0.4) is 0 Å². The van der Waals surface area contributed by atoms with Crippen molar-refractivity contribution < 1.29 is 9.53 Å². The van der Waals surface area contributed by atoms with Crippen molar-refractivity contribution in [2.24, 2.45) is 10.9 Å². The van der Waals surface area contributed by atoms with Crippen LogP contribution in [-0.2, 0) is 9.53 Å². The predicted octanol–water partition coefficient (Wildman–Crippen LogP) is -0.0951. The molecule has 112 valence electrons. The third-order valence-corrected chi connectivity index (χ3v) is 4.62. The molecular weight excluding hydrogens is 256 g/mol. The number of ether oxygens (including phenoxy) is 1. The van der Waals surface area contributed by atoms with Crippen molar-refractivity contribution in [3.63, 3.8) is 0 Å². The van der Waals surface area contributed by atoms with E-state index >= 15 is 0 Å². The largest absolute Gasteiger partial charge is 0.381 e. The predicted molar refractivity (Wildman–Crippen MR) is 76.6 cm³/mol. The molecule has 0 bridgehead atoms. The number of carbonyl (C=O) groups is 1. The number of piperidine rings is 1. The van der Waals surface area contributed by atoms with Crippen LogP contribution < -0.4 is 5.32 Å². The molecular formula is C14H24N4O2. The molecule has 1 atom stereocenters. The van der Waals surface area contributed by atoms with Gasteiger partial charge in [0.05, 0.1) is 6.61 Å². The minimum absolute atomic E-state index is 0.0741. The summed E-state index contributed by atoms with van der Waals surface area (Å²) >= 11 is 0. The van der Waals surface area contributed by atoms with Gasteiger partial charge in [-0.2, -0.15) is 0 Å². The molecule has 3 aliphatic rings. The van der Waals surface area contributed by atoms with E-state index in [1.165, 1.54) is 6.42 Å². The van der Waals surface area contributed by atoms with Gasteiger partial charge in [-0.25, -0.2) is 4.99 Å². The van der Waals surface area contributed by atoms with Crippen LogP contribution in [0.4, 0.5) is 0 Å². The first-order valence-corrected chi connectivity index (χ1v) is 7.48. The Balaban J connectivity index is 1.58. The molecule has 2 saturated heterocycles. The average molecular weight is 280 g/mol. The summed E-state index contributed by atoms with van der Waals surface area (Å²) in [6, 6.07) is 0. The maximum Gasteiger partial charge on any atom is 0.254 e. The standard InChI is InChI=1S/C14H24N4O2/c1-17(2)13-15-12(19)14(16-13)4-6-18(7-5-14)9-11-3-8-20-10-11/h11H,3-10H2,1-2H3,(H,15,16,19)/t11-/m0/s1. The van der Waals surface area contributed by atoms with Gasteiger partial charge in [-0.1, -0.05) is 0 Å². The van der Waals surface area contributed by atoms with Gasteiger partial charge < -0.3 is 14.5 Å². The summed E-state index contributed by atoms with van der Waals surface area (Å²) in [5.74, 6) is 1.44. The zero-order valence-corrected chi connectivity index (χ0v) is 12.4. The van der Waals surface area contributed by atoms with Crippen LogP contribution in [0.5, 0.6) is 0 Å². The van der Waals surface area contributed by atoms with Gasteiger partial charge in [0, 0.05) is 40.3 Å². The van der Waals surface area contributed by atoms with Gasteiger partial charge in [-0.3, -0.25) is 10.1 Å². The summed E-state index contributed by atoms with van der Waals surface area (Å²) in [5, 5.41) is 2.90. The summed E-state index contributed by atoms with van der Waals surface area (Å²) in [5.41, 5.74) is -0.512. The summed E-state index contributed by atoms with van der Waals surface area (Å²) < 4.78 is 5.43. The first-order chi connectivity index (χ1) is 9.59. The lowest BCUT2D eigenvalue weighted by molar-refractivity contribution is -0.125. The zero-order valence-electron chi connectivity index (χ0n) is 12.4. The van der Waals surface area contributed by atoms with Crippen molar-refractivity contribution in [1.29, 1.82) is 0 Å². The van der Waals surface area contributed by atoms with E-state index in [-0.39, 0.29) is 5.91 Å². The highest BCUT2D eigenvalue weighted by atomic mass is 16.5. The molecule has 3 rings (SSSR count). The van der Waals surface area contributed by atoms with Gasteiger partial charge in [-0.15, -0.1) is 0 Å². The molecule has 1 N–H and O–H groups in total. The Kier molecular flexibility index (Phi) is 3.69. The molecule has 3 aliphatic heterocycles. The van der Waals surface area contributed by atoms with E-state index in [0.717, 1.165) is 45.7 Å². The number of hydrogen-bond acceptors (Lipinski definition) is 5. The molecule has 0 unspecified atom stereocenters. The van der Waals surface area contributed by atoms with E-state index in [9.17, 15) is 4.79 Å². The van der Waals surface area contributed by atoms with Crippen LogP contribution in [0, 0.1) is 5.92 Å². The fraction of sp³-hybridized carbons (Fsp3) is 0.857. The van der Waals surface area contributed by atoms with E-state index < -0.39 is 5.54 Å². The Morgan fingerprint density at radius 1 is 1.45 bits per heavy atom. The Hall–Kier alpha value is -1.14. The van der Waals surface area contributed by atoms with Crippen molar-refractivity contribution in [2.45, 2.75) is 24.8 Å². The Bertz CT molecular complexity index is 407. The highest BCUT2D eigenvalue weighted by Gasteiger charge is 2.46. The smallest absolute Gasteiger partial charge is 0.254 e. The number of aliphatic imine (C=N–C) groups is 1. The topological polar surface area (TPSA) is 57.2 Å². The number of nitrogens with one attached hydrogen (secondary N) is 1. The number of amides is 1. The van der Waals surface area contributed by atoms with Crippen LogP contribution in [-0.4, -0.2) is 74.1 Å². The molecule has 1 amide bonds. The molecule has 0 aliphatic carbocycles. The van der Waals surface area contributed by atoms with E-state index in [0.29, 0.717) is 11.9 Å². The maximum absolute atomic E-state index is 12.2. The second-order valence-electron chi connectivity index (χ2n) is 6.35. The minimum atomic E-state index is -0.512. The number of carbonyl (C=O) groups excluding carboxylic acids is 1. The Morgan fingerprint density at radius 3 is 2.75 bits per heavy atom. The first-order valence-electron chi connectivity index (χ1n) is 7.48. The summed E-state index contributed by atoms with van der Waals surface area (Å²) in [4.78, 5) is 21.2. The van der Waals surface area contributed by atoms with Gasteiger partial charge in [-0.05, 0) is 25.2 Å². The summed E-state index contributed by atoms with van der Waals surface area (Å²) in [7, 11) is 3.82. The SMILES string of the molecule is CN(C)C1=NC2(CCN(C[C@@H]3CCOC3)CC2)C(=O)N1.